The Hall–Kier alpha value is -2.20. The molecule has 128 valence electrons. The minimum absolute atomic E-state index is 0.0647. The summed E-state index contributed by atoms with van der Waals surface area (Å²) in [6.07, 6.45) is 0.116. The summed E-state index contributed by atoms with van der Waals surface area (Å²) in [5.74, 6) is 1.18. The van der Waals surface area contributed by atoms with E-state index in [0.717, 1.165) is 21.9 Å². The summed E-state index contributed by atoms with van der Waals surface area (Å²) in [5.41, 5.74) is 2.55. The highest BCUT2D eigenvalue weighted by Crippen LogP contribution is 2.25. The van der Waals surface area contributed by atoms with Gasteiger partial charge in [0.2, 0.25) is 0 Å². The van der Waals surface area contributed by atoms with E-state index in [4.69, 9.17) is 21.1 Å². The number of amides is 1. The number of anilines is 1. The highest BCUT2D eigenvalue weighted by Gasteiger charge is 2.07. The third kappa shape index (κ3) is 5.17. The van der Waals surface area contributed by atoms with Crippen LogP contribution in [0.15, 0.2) is 36.4 Å². The van der Waals surface area contributed by atoms with E-state index in [9.17, 15) is 4.79 Å². The van der Waals surface area contributed by atoms with Crippen molar-refractivity contribution < 1.29 is 14.3 Å². The first-order valence-corrected chi connectivity index (χ1v) is 8.19. The fraction of sp³-hybridized carbons (Fsp3) is 0.316. The molecule has 0 heterocycles. The summed E-state index contributed by atoms with van der Waals surface area (Å²) in [7, 11) is 0. The molecule has 0 aromatic heterocycles. The zero-order valence-electron chi connectivity index (χ0n) is 14.4. The second kappa shape index (κ2) is 8.06. The standard InChI is InChI=1S/C19H22ClNO3/c1-12(2)24-16-7-5-15(6-8-16)21-18(22)11-23-17-9-13(3)19(20)14(4)10-17/h5-10,12H,11H2,1-4H3,(H,21,22). The molecule has 1 amide bonds. The van der Waals surface area contributed by atoms with Crippen molar-refractivity contribution in [3.05, 3.63) is 52.5 Å². The Kier molecular flexibility index (Phi) is 6.10. The molecule has 4 nitrogen and oxygen atoms in total. The van der Waals surface area contributed by atoms with E-state index in [0.29, 0.717) is 11.4 Å². The highest BCUT2D eigenvalue weighted by molar-refractivity contribution is 6.32. The molecule has 0 aliphatic heterocycles. The molecular formula is C19H22ClNO3. The Morgan fingerprint density at radius 1 is 1.08 bits per heavy atom. The fourth-order valence-corrected chi connectivity index (χ4v) is 2.33. The summed E-state index contributed by atoms with van der Waals surface area (Å²) in [6.45, 7) is 7.68. The molecule has 0 aliphatic carbocycles. The molecule has 0 saturated carbocycles. The van der Waals surface area contributed by atoms with Gasteiger partial charge in [0.25, 0.3) is 5.91 Å². The maximum absolute atomic E-state index is 12.0. The maximum atomic E-state index is 12.0. The van der Waals surface area contributed by atoms with Crippen molar-refractivity contribution in [3.63, 3.8) is 0 Å². The number of hydrogen-bond donors (Lipinski definition) is 1. The van der Waals surface area contributed by atoms with Crippen molar-refractivity contribution in [2.75, 3.05) is 11.9 Å². The van der Waals surface area contributed by atoms with Crippen LogP contribution in [0, 0.1) is 13.8 Å². The highest BCUT2D eigenvalue weighted by atomic mass is 35.5. The van der Waals surface area contributed by atoms with Crippen LogP contribution in [0.25, 0.3) is 0 Å². The number of aryl methyl sites for hydroxylation is 2. The predicted octanol–water partition coefficient (Wildman–Crippen LogP) is 4.76. The first-order valence-electron chi connectivity index (χ1n) is 7.81. The number of rotatable bonds is 6. The molecule has 0 atom stereocenters. The van der Waals surface area contributed by atoms with E-state index in [1.165, 1.54) is 0 Å². The zero-order chi connectivity index (χ0) is 17.7. The van der Waals surface area contributed by atoms with Crippen molar-refractivity contribution in [1.29, 1.82) is 0 Å². The van der Waals surface area contributed by atoms with E-state index < -0.39 is 0 Å². The topological polar surface area (TPSA) is 47.6 Å². The number of halogens is 1. The summed E-state index contributed by atoms with van der Waals surface area (Å²) in [6, 6.07) is 10.9. The lowest BCUT2D eigenvalue weighted by Gasteiger charge is -2.12. The van der Waals surface area contributed by atoms with Crippen LogP contribution in [0.5, 0.6) is 11.5 Å². The van der Waals surface area contributed by atoms with Crippen molar-refractivity contribution >= 4 is 23.2 Å². The number of carbonyl (C=O) groups excluding carboxylic acids is 1. The van der Waals surface area contributed by atoms with Gasteiger partial charge in [0.15, 0.2) is 6.61 Å². The number of ether oxygens (including phenoxy) is 2. The Labute approximate surface area is 147 Å². The lowest BCUT2D eigenvalue weighted by atomic mass is 10.1. The predicted molar refractivity (Wildman–Crippen MR) is 97.3 cm³/mol. The zero-order valence-corrected chi connectivity index (χ0v) is 15.1. The molecule has 0 bridgehead atoms. The Balaban J connectivity index is 1.89. The van der Waals surface area contributed by atoms with Crippen molar-refractivity contribution in [2.45, 2.75) is 33.8 Å². The molecule has 0 spiro atoms. The van der Waals surface area contributed by atoms with E-state index in [1.54, 1.807) is 12.1 Å². The van der Waals surface area contributed by atoms with Gasteiger partial charge in [0.05, 0.1) is 6.10 Å². The first-order chi connectivity index (χ1) is 11.3. The number of benzene rings is 2. The quantitative estimate of drug-likeness (QED) is 0.819. The van der Waals surface area contributed by atoms with Gasteiger partial charge in [-0.3, -0.25) is 4.79 Å². The van der Waals surface area contributed by atoms with Gasteiger partial charge in [-0.05, 0) is 75.2 Å². The molecule has 0 aliphatic rings. The molecule has 0 radical (unpaired) electrons. The lowest BCUT2D eigenvalue weighted by molar-refractivity contribution is -0.118. The van der Waals surface area contributed by atoms with Gasteiger partial charge < -0.3 is 14.8 Å². The van der Waals surface area contributed by atoms with Crippen LogP contribution in [-0.4, -0.2) is 18.6 Å². The molecule has 5 heteroatoms. The summed E-state index contributed by atoms with van der Waals surface area (Å²) >= 11 is 6.12. The third-order valence-electron chi connectivity index (χ3n) is 3.29. The van der Waals surface area contributed by atoms with Crippen molar-refractivity contribution in [1.82, 2.24) is 0 Å². The normalized spacial score (nSPS) is 10.6. The first kappa shape index (κ1) is 18.1. The molecule has 2 rings (SSSR count). The summed E-state index contributed by atoms with van der Waals surface area (Å²) < 4.78 is 11.1. The lowest BCUT2D eigenvalue weighted by Crippen LogP contribution is -2.20. The van der Waals surface area contributed by atoms with Crippen LogP contribution in [-0.2, 0) is 4.79 Å². The number of nitrogens with one attached hydrogen (secondary N) is 1. The maximum Gasteiger partial charge on any atom is 0.262 e. The van der Waals surface area contributed by atoms with Gasteiger partial charge in [0.1, 0.15) is 11.5 Å². The van der Waals surface area contributed by atoms with Crippen LogP contribution >= 0.6 is 11.6 Å². The van der Waals surface area contributed by atoms with Crippen LogP contribution < -0.4 is 14.8 Å². The Bertz CT molecular complexity index is 688. The fourth-order valence-electron chi connectivity index (χ4n) is 2.22. The average Bonchev–Trinajstić information content (AvgIpc) is 2.52. The molecule has 2 aromatic carbocycles. The molecule has 0 saturated heterocycles. The van der Waals surface area contributed by atoms with E-state index in [1.807, 2.05) is 52.0 Å². The van der Waals surface area contributed by atoms with Crippen LogP contribution in [0.4, 0.5) is 5.69 Å². The van der Waals surface area contributed by atoms with Gasteiger partial charge in [-0.2, -0.15) is 0 Å². The van der Waals surface area contributed by atoms with Gasteiger partial charge in [-0.15, -0.1) is 0 Å². The van der Waals surface area contributed by atoms with Gasteiger partial charge >= 0.3 is 0 Å². The van der Waals surface area contributed by atoms with E-state index in [-0.39, 0.29) is 18.6 Å². The third-order valence-corrected chi connectivity index (χ3v) is 3.89. The molecule has 2 aromatic rings. The average molecular weight is 348 g/mol. The summed E-state index contributed by atoms with van der Waals surface area (Å²) in [5, 5.41) is 3.51. The Morgan fingerprint density at radius 3 is 2.21 bits per heavy atom. The van der Waals surface area contributed by atoms with Crippen molar-refractivity contribution in [2.24, 2.45) is 0 Å². The van der Waals surface area contributed by atoms with Crippen LogP contribution in [0.1, 0.15) is 25.0 Å². The molecular weight excluding hydrogens is 326 g/mol. The van der Waals surface area contributed by atoms with E-state index >= 15 is 0 Å². The van der Waals surface area contributed by atoms with Gasteiger partial charge in [0, 0.05) is 10.7 Å². The van der Waals surface area contributed by atoms with Crippen LogP contribution in [0.2, 0.25) is 5.02 Å². The van der Waals surface area contributed by atoms with Crippen molar-refractivity contribution in [3.8, 4) is 11.5 Å². The number of carbonyl (C=O) groups is 1. The second-order valence-corrected chi connectivity index (χ2v) is 6.28. The Morgan fingerprint density at radius 2 is 1.67 bits per heavy atom. The molecule has 0 fully saturated rings. The van der Waals surface area contributed by atoms with Crippen LogP contribution in [0.3, 0.4) is 0 Å². The minimum Gasteiger partial charge on any atom is -0.491 e. The monoisotopic (exact) mass is 347 g/mol. The summed E-state index contributed by atoms with van der Waals surface area (Å²) in [4.78, 5) is 12.0. The molecule has 1 N–H and O–H groups in total. The van der Waals surface area contributed by atoms with E-state index in [2.05, 4.69) is 5.32 Å². The smallest absolute Gasteiger partial charge is 0.262 e. The number of hydrogen-bond acceptors (Lipinski definition) is 3. The molecule has 0 unspecified atom stereocenters. The molecule has 24 heavy (non-hydrogen) atoms. The largest absolute Gasteiger partial charge is 0.491 e. The van der Waals surface area contributed by atoms with Gasteiger partial charge in [-0.25, -0.2) is 0 Å². The minimum atomic E-state index is -0.224. The SMILES string of the molecule is Cc1cc(OCC(=O)Nc2ccc(OC(C)C)cc2)cc(C)c1Cl. The van der Waals surface area contributed by atoms with Gasteiger partial charge in [-0.1, -0.05) is 11.6 Å². The second-order valence-electron chi connectivity index (χ2n) is 5.90.